The lowest BCUT2D eigenvalue weighted by Crippen LogP contribution is -2.30. The van der Waals surface area contributed by atoms with Gasteiger partial charge in [-0.3, -0.25) is 14.4 Å². The van der Waals surface area contributed by atoms with Crippen molar-refractivity contribution >= 4 is 17.9 Å². The van der Waals surface area contributed by atoms with E-state index in [9.17, 15) is 14.4 Å². The Hall–Kier alpha value is -3.67. The minimum atomic E-state index is -0.813. The van der Waals surface area contributed by atoms with E-state index in [1.165, 1.54) is 70.6 Å². The van der Waals surface area contributed by atoms with Crippen LogP contribution in [0, 0.1) is 0 Å². The van der Waals surface area contributed by atoms with Crippen molar-refractivity contribution in [3.05, 3.63) is 97.2 Å². The third-order valence-electron chi connectivity index (χ3n) is 10.6. The van der Waals surface area contributed by atoms with Gasteiger partial charge in [0.05, 0.1) is 0 Å². The van der Waals surface area contributed by atoms with Crippen molar-refractivity contribution in [2.75, 3.05) is 13.2 Å². The number of carbonyl (C=O) groups is 3. The van der Waals surface area contributed by atoms with Crippen LogP contribution in [0.3, 0.4) is 0 Å². The highest BCUT2D eigenvalue weighted by Crippen LogP contribution is 2.13. The molecule has 6 heteroatoms. The Morgan fingerprint density at radius 2 is 0.635 bits per heavy atom. The number of esters is 3. The fraction of sp³-hybridized carbons (Fsp3) is 0.667. The summed E-state index contributed by atoms with van der Waals surface area (Å²) in [5.74, 6) is -0.997. The third kappa shape index (κ3) is 49.2. The monoisotopic (exact) mass is 875 g/mol. The van der Waals surface area contributed by atoms with Crippen LogP contribution in [0.25, 0.3) is 0 Å². The van der Waals surface area contributed by atoms with Crippen molar-refractivity contribution in [2.24, 2.45) is 0 Å². The van der Waals surface area contributed by atoms with E-state index in [2.05, 4.69) is 118 Å². The molecule has 0 N–H and O–H groups in total. The summed E-state index contributed by atoms with van der Waals surface area (Å²) in [7, 11) is 0. The minimum Gasteiger partial charge on any atom is -0.462 e. The lowest BCUT2D eigenvalue weighted by Gasteiger charge is -2.18. The summed E-state index contributed by atoms with van der Waals surface area (Å²) in [6.07, 6.45) is 66.8. The quantitative estimate of drug-likeness (QED) is 0.0262. The average molecular weight is 875 g/mol. The molecule has 1 atom stereocenters. The molecule has 0 heterocycles. The van der Waals surface area contributed by atoms with E-state index < -0.39 is 6.10 Å². The molecule has 0 rings (SSSR count). The Balaban J connectivity index is 4.51. The number of carbonyl (C=O) groups excluding carboxylic acids is 3. The summed E-state index contributed by atoms with van der Waals surface area (Å²) in [4.78, 5) is 38.0. The van der Waals surface area contributed by atoms with Crippen LogP contribution in [-0.2, 0) is 28.6 Å². The van der Waals surface area contributed by atoms with Gasteiger partial charge in [-0.05, 0) is 109 Å². The van der Waals surface area contributed by atoms with E-state index >= 15 is 0 Å². The topological polar surface area (TPSA) is 78.9 Å². The van der Waals surface area contributed by atoms with E-state index in [1.807, 2.05) is 0 Å². The molecule has 1 unspecified atom stereocenters. The van der Waals surface area contributed by atoms with Crippen LogP contribution < -0.4 is 0 Å². The van der Waals surface area contributed by atoms with Crippen LogP contribution in [0.1, 0.15) is 226 Å². The highest BCUT2D eigenvalue weighted by Gasteiger charge is 2.19. The zero-order valence-corrected chi connectivity index (χ0v) is 40.8. The molecule has 0 aliphatic carbocycles. The van der Waals surface area contributed by atoms with Gasteiger partial charge in [-0.25, -0.2) is 0 Å². The van der Waals surface area contributed by atoms with Crippen molar-refractivity contribution < 1.29 is 28.6 Å². The largest absolute Gasteiger partial charge is 0.462 e. The van der Waals surface area contributed by atoms with Crippen LogP contribution in [0.2, 0.25) is 0 Å². The zero-order chi connectivity index (χ0) is 45.8. The van der Waals surface area contributed by atoms with Crippen LogP contribution in [0.5, 0.6) is 0 Å². The number of rotatable bonds is 45. The first kappa shape index (κ1) is 59.3. The van der Waals surface area contributed by atoms with Gasteiger partial charge < -0.3 is 14.2 Å². The summed E-state index contributed by atoms with van der Waals surface area (Å²) in [5, 5.41) is 0. The maximum Gasteiger partial charge on any atom is 0.306 e. The Morgan fingerprint density at radius 1 is 0.333 bits per heavy atom. The lowest BCUT2D eigenvalue weighted by molar-refractivity contribution is -0.167. The molecular weight excluding hydrogens is 781 g/mol. The van der Waals surface area contributed by atoms with Gasteiger partial charge in [0, 0.05) is 19.3 Å². The predicted molar refractivity (Wildman–Crippen MR) is 270 cm³/mol. The smallest absolute Gasteiger partial charge is 0.306 e. The number of unbranched alkanes of at least 4 members (excludes halogenated alkanes) is 18. The van der Waals surface area contributed by atoms with Crippen LogP contribution in [-0.4, -0.2) is 37.2 Å². The molecule has 0 aromatic heterocycles. The highest BCUT2D eigenvalue weighted by molar-refractivity contribution is 5.71. The third-order valence-corrected chi connectivity index (χ3v) is 10.6. The SMILES string of the molecule is CC/C=C\C/C=C\C/C=C\CCCCCCC(=O)OC(COC(=O)CCC/C=C\C/C=C\C/C=C\CCCCCCCC)COC(=O)CCCCCCCCC/C=C\C/C=C\CC. The van der Waals surface area contributed by atoms with Gasteiger partial charge in [0.1, 0.15) is 13.2 Å². The molecule has 0 bridgehead atoms. The normalized spacial score (nSPS) is 12.9. The van der Waals surface area contributed by atoms with Crippen LogP contribution in [0.15, 0.2) is 97.2 Å². The summed E-state index contributed by atoms with van der Waals surface area (Å²) in [5.41, 5.74) is 0. The molecular formula is C57H94O6. The highest BCUT2D eigenvalue weighted by atomic mass is 16.6. The molecule has 0 aromatic carbocycles. The standard InChI is InChI=1S/C57H94O6/c1-4-7-10-13-16-19-22-25-28-29-30-33-35-38-41-44-47-50-56(59)62-53-54(63-57(60)51-48-45-42-39-36-32-27-24-21-18-15-12-9-6-3)52-61-55(58)49-46-43-40-37-34-31-26-23-20-17-14-11-8-5-2/h8-9,11-12,17-18,20-21,25,27-28,30,32-33,38,41,54H,4-7,10,13-16,19,22-24,26,29,31,34-37,39-40,42-53H2,1-3H3/b11-8-,12-9-,20-17-,21-18-,28-25-,32-27-,33-30-,41-38-. The number of hydrogen-bond donors (Lipinski definition) is 0. The number of allylic oxidation sites excluding steroid dienone is 16. The first-order chi connectivity index (χ1) is 31.0. The van der Waals surface area contributed by atoms with Gasteiger partial charge in [0.2, 0.25) is 0 Å². The molecule has 0 fully saturated rings. The molecule has 0 spiro atoms. The fourth-order valence-corrected chi connectivity index (χ4v) is 6.74. The molecule has 0 aliphatic rings. The minimum absolute atomic E-state index is 0.108. The van der Waals surface area contributed by atoms with Crippen molar-refractivity contribution in [3.63, 3.8) is 0 Å². The van der Waals surface area contributed by atoms with Gasteiger partial charge in [0.15, 0.2) is 6.10 Å². The molecule has 0 aromatic rings. The molecule has 0 saturated carbocycles. The molecule has 0 saturated heterocycles. The van der Waals surface area contributed by atoms with Gasteiger partial charge in [-0.15, -0.1) is 0 Å². The lowest BCUT2D eigenvalue weighted by atomic mass is 10.1. The summed E-state index contributed by atoms with van der Waals surface area (Å²) < 4.78 is 16.7. The van der Waals surface area contributed by atoms with Crippen LogP contribution in [0.4, 0.5) is 0 Å². The maximum atomic E-state index is 12.8. The summed E-state index contributed by atoms with van der Waals surface area (Å²) >= 11 is 0. The molecule has 0 aliphatic heterocycles. The van der Waals surface area contributed by atoms with E-state index in [0.29, 0.717) is 12.8 Å². The van der Waals surface area contributed by atoms with Crippen molar-refractivity contribution in [1.82, 2.24) is 0 Å². The second kappa shape index (κ2) is 51.0. The van der Waals surface area contributed by atoms with Crippen LogP contribution >= 0.6 is 0 Å². The summed E-state index contributed by atoms with van der Waals surface area (Å²) in [6, 6.07) is 0. The van der Waals surface area contributed by atoms with E-state index in [0.717, 1.165) is 109 Å². The average Bonchev–Trinajstić information content (AvgIpc) is 3.28. The predicted octanol–water partition coefficient (Wildman–Crippen LogP) is 17.0. The first-order valence-corrected chi connectivity index (χ1v) is 25.7. The van der Waals surface area contributed by atoms with E-state index in [-0.39, 0.29) is 44.0 Å². The number of ether oxygens (including phenoxy) is 3. The maximum absolute atomic E-state index is 12.8. The Morgan fingerprint density at radius 3 is 1.03 bits per heavy atom. The van der Waals surface area contributed by atoms with Gasteiger partial charge in [-0.1, -0.05) is 195 Å². The van der Waals surface area contributed by atoms with Crippen molar-refractivity contribution in [2.45, 2.75) is 232 Å². The molecule has 63 heavy (non-hydrogen) atoms. The van der Waals surface area contributed by atoms with E-state index in [1.54, 1.807) is 0 Å². The number of hydrogen-bond acceptors (Lipinski definition) is 6. The molecule has 6 nitrogen and oxygen atoms in total. The first-order valence-electron chi connectivity index (χ1n) is 25.7. The van der Waals surface area contributed by atoms with Gasteiger partial charge >= 0.3 is 17.9 Å². The van der Waals surface area contributed by atoms with Gasteiger partial charge in [0.25, 0.3) is 0 Å². The van der Waals surface area contributed by atoms with E-state index in [4.69, 9.17) is 14.2 Å². The summed E-state index contributed by atoms with van der Waals surface area (Å²) in [6.45, 7) is 6.33. The Labute approximate surface area is 387 Å². The van der Waals surface area contributed by atoms with Crippen molar-refractivity contribution in [3.8, 4) is 0 Å². The zero-order valence-electron chi connectivity index (χ0n) is 40.8. The second-order valence-electron chi connectivity index (χ2n) is 16.7. The van der Waals surface area contributed by atoms with Gasteiger partial charge in [-0.2, -0.15) is 0 Å². The fourth-order valence-electron chi connectivity index (χ4n) is 6.74. The Kier molecular flexibility index (Phi) is 48.0. The Bertz CT molecular complexity index is 1280. The molecule has 0 amide bonds. The molecule has 358 valence electrons. The van der Waals surface area contributed by atoms with Crippen molar-refractivity contribution in [1.29, 1.82) is 0 Å². The second-order valence-corrected chi connectivity index (χ2v) is 16.7. The molecule has 0 radical (unpaired) electrons.